The highest BCUT2D eigenvalue weighted by Gasteiger charge is 2.34. The standard InChI is InChI=1S/C17H13BrClF3N2OS/c18-11-3-1-10(2-4-11)15-24(7-8-26-15)16(25)23-12-5-6-14(19)13(9-12)17(20,21)22/h1-6,9,15H,7-8H2,(H,23,25). The lowest BCUT2D eigenvalue weighted by atomic mass is 10.2. The van der Waals surface area contributed by atoms with Gasteiger partial charge in [-0.25, -0.2) is 4.79 Å². The minimum Gasteiger partial charge on any atom is -0.308 e. The lowest BCUT2D eigenvalue weighted by Crippen LogP contribution is -2.34. The Hall–Kier alpha value is -1.38. The number of thioether (sulfide) groups is 1. The molecule has 0 aliphatic carbocycles. The van der Waals surface area contributed by atoms with Gasteiger partial charge in [-0.3, -0.25) is 0 Å². The molecule has 0 bridgehead atoms. The Balaban J connectivity index is 1.78. The maximum Gasteiger partial charge on any atom is 0.417 e. The second-order valence-electron chi connectivity index (χ2n) is 5.59. The van der Waals surface area contributed by atoms with E-state index in [0.717, 1.165) is 27.9 Å². The zero-order chi connectivity index (χ0) is 18.9. The third kappa shape index (κ3) is 4.29. The van der Waals surface area contributed by atoms with Gasteiger partial charge >= 0.3 is 12.2 Å². The Labute approximate surface area is 166 Å². The molecule has 1 saturated heterocycles. The van der Waals surface area contributed by atoms with Crippen LogP contribution in [0.2, 0.25) is 5.02 Å². The normalized spacial score (nSPS) is 17.4. The molecule has 3 rings (SSSR count). The molecule has 1 fully saturated rings. The summed E-state index contributed by atoms with van der Waals surface area (Å²) in [6, 6.07) is 10.5. The Bertz CT molecular complexity index is 817. The summed E-state index contributed by atoms with van der Waals surface area (Å²) < 4.78 is 39.8. The summed E-state index contributed by atoms with van der Waals surface area (Å²) in [5.74, 6) is 0.753. The lowest BCUT2D eigenvalue weighted by molar-refractivity contribution is -0.137. The number of carbonyl (C=O) groups is 1. The number of anilines is 1. The zero-order valence-electron chi connectivity index (χ0n) is 13.2. The summed E-state index contributed by atoms with van der Waals surface area (Å²) in [6.07, 6.45) is -4.58. The third-order valence-corrected chi connectivity index (χ3v) is 5.95. The summed E-state index contributed by atoms with van der Waals surface area (Å²) in [7, 11) is 0. The molecule has 0 saturated carbocycles. The SMILES string of the molecule is O=C(Nc1ccc(Cl)c(C(F)(F)F)c1)N1CCSC1c1ccc(Br)cc1. The van der Waals surface area contributed by atoms with Gasteiger partial charge in [0, 0.05) is 22.5 Å². The number of carbonyl (C=O) groups excluding carboxylic acids is 1. The molecular weight excluding hydrogens is 453 g/mol. The van der Waals surface area contributed by atoms with E-state index in [1.54, 1.807) is 16.7 Å². The van der Waals surface area contributed by atoms with E-state index in [0.29, 0.717) is 6.54 Å². The fraction of sp³-hybridized carbons (Fsp3) is 0.235. The van der Waals surface area contributed by atoms with Crippen LogP contribution in [0.15, 0.2) is 46.9 Å². The number of amides is 2. The van der Waals surface area contributed by atoms with E-state index in [4.69, 9.17) is 11.6 Å². The van der Waals surface area contributed by atoms with Gasteiger partial charge in [-0.1, -0.05) is 39.7 Å². The first-order chi connectivity index (χ1) is 12.3. The summed E-state index contributed by atoms with van der Waals surface area (Å²) >= 11 is 10.6. The number of urea groups is 1. The van der Waals surface area contributed by atoms with E-state index < -0.39 is 22.8 Å². The van der Waals surface area contributed by atoms with Crippen molar-refractivity contribution in [2.24, 2.45) is 0 Å². The molecule has 1 atom stereocenters. The highest BCUT2D eigenvalue weighted by atomic mass is 79.9. The molecule has 1 aliphatic heterocycles. The van der Waals surface area contributed by atoms with Gasteiger partial charge in [-0.05, 0) is 35.9 Å². The average molecular weight is 466 g/mol. The molecule has 138 valence electrons. The van der Waals surface area contributed by atoms with Crippen LogP contribution in [-0.2, 0) is 6.18 Å². The molecule has 26 heavy (non-hydrogen) atoms. The Morgan fingerprint density at radius 2 is 1.92 bits per heavy atom. The monoisotopic (exact) mass is 464 g/mol. The van der Waals surface area contributed by atoms with Crippen LogP contribution in [0.1, 0.15) is 16.5 Å². The second kappa shape index (κ2) is 7.70. The maximum atomic E-state index is 13.0. The summed E-state index contributed by atoms with van der Waals surface area (Å²) in [6.45, 7) is 0.511. The summed E-state index contributed by atoms with van der Waals surface area (Å²) in [5, 5.41) is 1.95. The molecular formula is C17H13BrClF3N2OS. The number of halogens is 5. The number of nitrogens with zero attached hydrogens (tertiary/aromatic N) is 1. The predicted molar refractivity (Wildman–Crippen MR) is 102 cm³/mol. The van der Waals surface area contributed by atoms with Crippen LogP contribution in [0, 0.1) is 0 Å². The summed E-state index contributed by atoms with van der Waals surface area (Å²) in [4.78, 5) is 14.2. The maximum absolute atomic E-state index is 13.0. The van der Waals surface area contributed by atoms with Crippen molar-refractivity contribution >= 4 is 51.0 Å². The molecule has 0 radical (unpaired) electrons. The van der Waals surface area contributed by atoms with Crippen LogP contribution in [-0.4, -0.2) is 23.2 Å². The van der Waals surface area contributed by atoms with Crippen LogP contribution < -0.4 is 5.32 Å². The van der Waals surface area contributed by atoms with E-state index in [2.05, 4.69) is 21.2 Å². The van der Waals surface area contributed by atoms with Gasteiger partial charge in [0.25, 0.3) is 0 Å². The molecule has 1 heterocycles. The Morgan fingerprint density at radius 3 is 2.58 bits per heavy atom. The number of hydrogen-bond acceptors (Lipinski definition) is 2. The van der Waals surface area contributed by atoms with Gasteiger partial charge in [-0.15, -0.1) is 11.8 Å². The molecule has 1 unspecified atom stereocenters. The Kier molecular flexibility index (Phi) is 5.74. The van der Waals surface area contributed by atoms with Crippen molar-refractivity contribution in [3.05, 3.63) is 63.1 Å². The predicted octanol–water partition coefficient (Wildman–Crippen LogP) is 6.40. The van der Waals surface area contributed by atoms with Gasteiger partial charge in [0.15, 0.2) is 0 Å². The van der Waals surface area contributed by atoms with Crippen molar-refractivity contribution in [3.63, 3.8) is 0 Å². The highest BCUT2D eigenvalue weighted by Crippen LogP contribution is 2.39. The minimum absolute atomic E-state index is 0.0539. The number of alkyl halides is 3. The van der Waals surface area contributed by atoms with Gasteiger partial charge < -0.3 is 10.2 Å². The zero-order valence-corrected chi connectivity index (χ0v) is 16.3. The van der Waals surface area contributed by atoms with E-state index >= 15 is 0 Å². The van der Waals surface area contributed by atoms with Crippen molar-refractivity contribution < 1.29 is 18.0 Å². The van der Waals surface area contributed by atoms with E-state index in [9.17, 15) is 18.0 Å². The van der Waals surface area contributed by atoms with Crippen molar-refractivity contribution in [1.82, 2.24) is 4.90 Å². The van der Waals surface area contributed by atoms with Crippen molar-refractivity contribution in [3.8, 4) is 0 Å². The van der Waals surface area contributed by atoms with E-state index in [1.165, 1.54) is 6.07 Å². The smallest absolute Gasteiger partial charge is 0.308 e. The van der Waals surface area contributed by atoms with Gasteiger partial charge in [0.1, 0.15) is 5.37 Å². The first-order valence-electron chi connectivity index (χ1n) is 7.57. The molecule has 1 N–H and O–H groups in total. The molecule has 2 aromatic rings. The first-order valence-corrected chi connectivity index (χ1v) is 9.79. The fourth-order valence-electron chi connectivity index (χ4n) is 2.60. The molecule has 2 amide bonds. The van der Waals surface area contributed by atoms with Crippen LogP contribution in [0.4, 0.5) is 23.7 Å². The lowest BCUT2D eigenvalue weighted by Gasteiger charge is -2.24. The van der Waals surface area contributed by atoms with Crippen molar-refractivity contribution in [2.75, 3.05) is 17.6 Å². The summed E-state index contributed by atoms with van der Waals surface area (Å²) in [5.41, 5.74) is 0.0355. The number of benzene rings is 2. The third-order valence-electron chi connectivity index (χ3n) is 3.83. The van der Waals surface area contributed by atoms with Gasteiger partial charge in [0.05, 0.1) is 10.6 Å². The number of rotatable bonds is 2. The molecule has 1 aliphatic rings. The topological polar surface area (TPSA) is 32.3 Å². The van der Waals surface area contributed by atoms with Crippen LogP contribution in [0.25, 0.3) is 0 Å². The molecule has 9 heteroatoms. The molecule has 0 spiro atoms. The first kappa shape index (κ1) is 19.4. The van der Waals surface area contributed by atoms with Gasteiger partial charge in [0.2, 0.25) is 0 Å². The number of hydrogen-bond donors (Lipinski definition) is 1. The van der Waals surface area contributed by atoms with Crippen molar-refractivity contribution in [1.29, 1.82) is 0 Å². The van der Waals surface area contributed by atoms with Crippen LogP contribution in [0.3, 0.4) is 0 Å². The molecule has 0 aromatic heterocycles. The Morgan fingerprint density at radius 1 is 1.23 bits per heavy atom. The fourth-order valence-corrected chi connectivity index (χ4v) is 4.34. The van der Waals surface area contributed by atoms with Crippen LogP contribution in [0.5, 0.6) is 0 Å². The molecule has 2 aromatic carbocycles. The molecule has 3 nitrogen and oxygen atoms in total. The number of nitrogens with one attached hydrogen (secondary N) is 1. The quantitative estimate of drug-likeness (QED) is 0.556. The van der Waals surface area contributed by atoms with Gasteiger partial charge in [-0.2, -0.15) is 13.2 Å². The van der Waals surface area contributed by atoms with E-state index in [1.807, 2.05) is 24.3 Å². The van der Waals surface area contributed by atoms with Crippen molar-refractivity contribution in [2.45, 2.75) is 11.6 Å². The minimum atomic E-state index is -4.58. The largest absolute Gasteiger partial charge is 0.417 e. The highest BCUT2D eigenvalue weighted by molar-refractivity contribution is 9.10. The second-order valence-corrected chi connectivity index (χ2v) is 8.10. The average Bonchev–Trinajstić information content (AvgIpc) is 3.06. The van der Waals surface area contributed by atoms with E-state index in [-0.39, 0.29) is 11.1 Å². The van der Waals surface area contributed by atoms with Crippen LogP contribution >= 0.6 is 39.3 Å².